The molecule has 1 heterocycles. The number of hydrogen-bond acceptors (Lipinski definition) is 5. The molecular weight excluding hydrogens is 356 g/mol. The fraction of sp³-hybridized carbons (Fsp3) is 0.682. The summed E-state index contributed by atoms with van der Waals surface area (Å²) in [4.78, 5) is 14.7. The van der Waals surface area contributed by atoms with Crippen molar-refractivity contribution in [1.29, 1.82) is 0 Å². The van der Waals surface area contributed by atoms with E-state index in [0.717, 1.165) is 30.3 Å². The van der Waals surface area contributed by atoms with Crippen molar-refractivity contribution in [2.45, 2.75) is 44.2 Å². The first kappa shape index (κ1) is 19.8. The number of hydrogen-bond donors (Lipinski definition) is 2. The number of ether oxygens (including phenoxy) is 2. The van der Waals surface area contributed by atoms with Gasteiger partial charge < -0.3 is 19.9 Å². The minimum Gasteiger partial charge on any atom is -0.387 e. The van der Waals surface area contributed by atoms with Gasteiger partial charge in [-0.25, -0.2) is 0 Å². The molecule has 28 heavy (non-hydrogen) atoms. The van der Waals surface area contributed by atoms with Crippen LogP contribution in [-0.4, -0.2) is 62.0 Å². The Bertz CT molecular complexity index is 735. The molecule has 154 valence electrons. The number of aliphatic hydroxyl groups is 1. The highest BCUT2D eigenvalue weighted by molar-refractivity contribution is 5.91. The van der Waals surface area contributed by atoms with Crippen LogP contribution in [0.3, 0.4) is 0 Å². The molecule has 1 amide bonds. The summed E-state index contributed by atoms with van der Waals surface area (Å²) in [6, 6.07) is 6.12. The highest BCUT2D eigenvalue weighted by Crippen LogP contribution is 2.54. The molecule has 2 aliphatic carbocycles. The van der Waals surface area contributed by atoms with E-state index in [4.69, 9.17) is 9.47 Å². The van der Waals surface area contributed by atoms with Crippen LogP contribution in [0.25, 0.3) is 0 Å². The molecule has 6 nitrogen and oxygen atoms in total. The van der Waals surface area contributed by atoms with Gasteiger partial charge in [-0.3, -0.25) is 9.69 Å². The average Bonchev–Trinajstić information content (AvgIpc) is 3.44. The SMILES string of the molecule is COCCOCC(=O)Nc1ccc2c(c1)[C@]1(C)CN(CC3CC3)C(C2O)[C@@H]1C. The van der Waals surface area contributed by atoms with Crippen LogP contribution >= 0.6 is 0 Å². The zero-order chi connectivity index (χ0) is 19.9. The highest BCUT2D eigenvalue weighted by Gasteiger charge is 2.56. The van der Waals surface area contributed by atoms with Gasteiger partial charge in [0.2, 0.25) is 5.91 Å². The summed E-state index contributed by atoms with van der Waals surface area (Å²) >= 11 is 0. The van der Waals surface area contributed by atoms with E-state index >= 15 is 0 Å². The molecule has 2 N–H and O–H groups in total. The van der Waals surface area contributed by atoms with Crippen molar-refractivity contribution < 1.29 is 19.4 Å². The van der Waals surface area contributed by atoms with Crippen LogP contribution in [0.15, 0.2) is 18.2 Å². The van der Waals surface area contributed by atoms with Gasteiger partial charge in [0, 0.05) is 37.3 Å². The second-order valence-corrected chi connectivity index (χ2v) is 8.91. The molecule has 4 atom stereocenters. The van der Waals surface area contributed by atoms with Gasteiger partial charge in [-0.2, -0.15) is 0 Å². The van der Waals surface area contributed by atoms with Crippen molar-refractivity contribution in [1.82, 2.24) is 4.90 Å². The number of carbonyl (C=O) groups is 1. The lowest BCUT2D eigenvalue weighted by Crippen LogP contribution is -2.42. The molecule has 1 aromatic carbocycles. The summed E-state index contributed by atoms with van der Waals surface area (Å²) in [6.45, 7) is 7.51. The Hall–Kier alpha value is -1.47. The molecule has 3 aliphatic rings. The molecule has 0 aromatic heterocycles. The third-order valence-corrected chi connectivity index (χ3v) is 6.92. The predicted molar refractivity (Wildman–Crippen MR) is 107 cm³/mol. The Morgan fingerprint density at radius 2 is 2.14 bits per heavy atom. The van der Waals surface area contributed by atoms with E-state index in [1.165, 1.54) is 18.4 Å². The molecule has 0 spiro atoms. The smallest absolute Gasteiger partial charge is 0.250 e. The number of rotatable bonds is 8. The maximum atomic E-state index is 12.2. The number of methoxy groups -OCH3 is 1. The molecule has 1 saturated heterocycles. The summed E-state index contributed by atoms with van der Waals surface area (Å²) in [7, 11) is 1.60. The number of fused-ring (bicyclic) bond motifs is 4. The molecule has 2 unspecified atom stereocenters. The molecule has 0 radical (unpaired) electrons. The van der Waals surface area contributed by atoms with Crippen molar-refractivity contribution in [3.05, 3.63) is 29.3 Å². The number of amides is 1. The van der Waals surface area contributed by atoms with Gasteiger partial charge in [0.15, 0.2) is 0 Å². The van der Waals surface area contributed by atoms with Crippen LogP contribution in [0, 0.1) is 11.8 Å². The minimum absolute atomic E-state index is 0.00792. The first-order valence-corrected chi connectivity index (χ1v) is 10.4. The van der Waals surface area contributed by atoms with E-state index in [-0.39, 0.29) is 24.0 Å². The van der Waals surface area contributed by atoms with Gasteiger partial charge in [0.1, 0.15) is 6.61 Å². The summed E-state index contributed by atoms with van der Waals surface area (Å²) in [5, 5.41) is 14.0. The third-order valence-electron chi connectivity index (χ3n) is 6.92. The van der Waals surface area contributed by atoms with Crippen LogP contribution in [0.5, 0.6) is 0 Å². The molecular formula is C22H32N2O4. The lowest BCUT2D eigenvalue weighted by molar-refractivity contribution is -0.121. The number of carbonyl (C=O) groups excluding carboxylic acids is 1. The Morgan fingerprint density at radius 1 is 1.36 bits per heavy atom. The van der Waals surface area contributed by atoms with Gasteiger partial charge >= 0.3 is 0 Å². The van der Waals surface area contributed by atoms with Crippen LogP contribution in [0.2, 0.25) is 0 Å². The van der Waals surface area contributed by atoms with E-state index in [9.17, 15) is 9.90 Å². The van der Waals surface area contributed by atoms with Gasteiger partial charge in [-0.15, -0.1) is 0 Å². The highest BCUT2D eigenvalue weighted by atomic mass is 16.5. The second-order valence-electron chi connectivity index (χ2n) is 8.91. The molecule has 1 aromatic rings. The number of benzene rings is 1. The van der Waals surface area contributed by atoms with Crippen LogP contribution in [0.1, 0.15) is 43.9 Å². The minimum atomic E-state index is -0.471. The zero-order valence-electron chi connectivity index (χ0n) is 17.1. The first-order chi connectivity index (χ1) is 13.4. The average molecular weight is 389 g/mol. The van der Waals surface area contributed by atoms with E-state index in [1.807, 2.05) is 12.1 Å². The Balaban J connectivity index is 1.50. The van der Waals surface area contributed by atoms with Crippen LogP contribution in [0.4, 0.5) is 5.69 Å². The molecule has 2 fully saturated rings. The van der Waals surface area contributed by atoms with Gasteiger partial charge in [0.25, 0.3) is 0 Å². The Morgan fingerprint density at radius 3 is 2.86 bits per heavy atom. The first-order valence-electron chi connectivity index (χ1n) is 10.4. The predicted octanol–water partition coefficient (Wildman–Crippen LogP) is 2.32. The van der Waals surface area contributed by atoms with Crippen molar-refractivity contribution >= 4 is 11.6 Å². The monoisotopic (exact) mass is 388 g/mol. The number of aliphatic hydroxyl groups excluding tert-OH is 1. The fourth-order valence-corrected chi connectivity index (χ4v) is 5.06. The lowest BCUT2D eigenvalue weighted by atomic mass is 9.65. The van der Waals surface area contributed by atoms with Crippen molar-refractivity contribution in [3.63, 3.8) is 0 Å². The van der Waals surface area contributed by atoms with Gasteiger partial charge in [-0.05, 0) is 47.9 Å². The molecule has 2 bridgehead atoms. The molecule has 4 rings (SSSR count). The summed E-state index contributed by atoms with van der Waals surface area (Å²) in [6.07, 6.45) is 2.17. The Kier molecular flexibility index (Phi) is 5.49. The quantitative estimate of drug-likeness (QED) is 0.669. The number of anilines is 1. The van der Waals surface area contributed by atoms with Crippen molar-refractivity contribution in [3.8, 4) is 0 Å². The molecule has 6 heteroatoms. The van der Waals surface area contributed by atoms with Gasteiger partial charge in [-0.1, -0.05) is 19.9 Å². The van der Waals surface area contributed by atoms with Gasteiger partial charge in [0.05, 0.1) is 19.3 Å². The zero-order valence-corrected chi connectivity index (χ0v) is 17.1. The van der Waals surface area contributed by atoms with Crippen molar-refractivity contribution in [2.24, 2.45) is 11.8 Å². The number of nitrogens with zero attached hydrogens (tertiary/aromatic N) is 1. The van der Waals surface area contributed by atoms with Crippen LogP contribution in [-0.2, 0) is 19.7 Å². The number of likely N-dealkylation sites (tertiary alicyclic amines) is 1. The second kappa shape index (κ2) is 7.75. The maximum absolute atomic E-state index is 12.2. The maximum Gasteiger partial charge on any atom is 0.250 e. The van der Waals surface area contributed by atoms with Crippen molar-refractivity contribution in [2.75, 3.05) is 45.3 Å². The normalized spacial score (nSPS) is 31.6. The van der Waals surface area contributed by atoms with E-state index in [0.29, 0.717) is 19.1 Å². The molecule has 1 aliphatic heterocycles. The van der Waals surface area contributed by atoms with E-state index in [2.05, 4.69) is 30.1 Å². The standard InChI is InChI=1S/C22H32N2O4/c1-14-20-21(26)17-7-6-16(23-19(25)12-28-9-8-27-3)10-18(17)22(14,2)13-24(20)11-15-4-5-15/h6-7,10,14-15,20-21,26H,4-5,8-9,11-13H2,1-3H3,(H,23,25)/t14-,20?,21?,22+/m0/s1. The summed E-state index contributed by atoms with van der Waals surface area (Å²) in [5.74, 6) is 1.00. The van der Waals surface area contributed by atoms with E-state index in [1.54, 1.807) is 7.11 Å². The van der Waals surface area contributed by atoms with E-state index < -0.39 is 6.10 Å². The number of nitrogens with one attached hydrogen (secondary N) is 1. The molecule has 1 saturated carbocycles. The lowest BCUT2D eigenvalue weighted by Gasteiger charge is -2.40. The largest absolute Gasteiger partial charge is 0.387 e. The topological polar surface area (TPSA) is 71.0 Å². The fourth-order valence-electron chi connectivity index (χ4n) is 5.06. The third kappa shape index (κ3) is 3.59. The van der Waals surface area contributed by atoms with Crippen LogP contribution < -0.4 is 5.32 Å². The summed E-state index contributed by atoms with van der Waals surface area (Å²) < 4.78 is 10.2. The summed E-state index contributed by atoms with van der Waals surface area (Å²) in [5.41, 5.74) is 2.93. The Labute approximate surface area is 167 Å².